The zero-order valence-corrected chi connectivity index (χ0v) is 49.7. The number of amides is 2. The lowest BCUT2D eigenvalue weighted by atomic mass is 9.77. The average molecular weight is 1230 g/mol. The van der Waals surface area contributed by atoms with E-state index in [1.165, 1.54) is 30.8 Å². The Morgan fingerprint density at radius 2 is 1.19 bits per heavy atom. The van der Waals surface area contributed by atoms with Crippen molar-refractivity contribution in [2.75, 3.05) is 17.7 Å². The molecule has 2 aliphatic heterocycles. The maximum absolute atomic E-state index is 15.6. The van der Waals surface area contributed by atoms with Gasteiger partial charge in [0.1, 0.15) is 46.8 Å². The fraction of sp³-hybridized carbons (Fsp3) is 0.127. The molecule has 4 heterocycles. The lowest BCUT2D eigenvalue weighted by molar-refractivity contribution is -0.162. The van der Waals surface area contributed by atoms with Gasteiger partial charge in [0.05, 0.1) is 5.52 Å². The van der Waals surface area contributed by atoms with Crippen LogP contribution in [-0.4, -0.2) is 79.2 Å². The number of ether oxygens (including phenoxy) is 3. The number of aliphatic carboxylic acids is 1. The van der Waals surface area contributed by atoms with E-state index in [0.29, 0.717) is 21.6 Å². The van der Waals surface area contributed by atoms with E-state index in [1.54, 1.807) is 17.5 Å². The molecule has 8 aromatic carbocycles. The summed E-state index contributed by atoms with van der Waals surface area (Å²) in [6, 6.07) is 71.6. The van der Waals surface area contributed by atoms with E-state index in [1.807, 2.05) is 212 Å². The number of nitrogens with one attached hydrogen (secondary N) is 3. The summed E-state index contributed by atoms with van der Waals surface area (Å²) in [6.45, 7) is 0.841. The molecule has 3 atom stereocenters. The Bertz CT molecular complexity index is 4190. The highest BCUT2D eigenvalue weighted by atomic mass is 32.2. The van der Waals surface area contributed by atoms with Gasteiger partial charge in [-0.1, -0.05) is 224 Å². The van der Waals surface area contributed by atoms with Crippen LogP contribution in [0.4, 0.5) is 5.13 Å². The average Bonchev–Trinajstić information content (AvgIpc) is 0.949. The third-order valence-electron chi connectivity index (χ3n) is 15.4. The van der Waals surface area contributed by atoms with Gasteiger partial charge in [-0.3, -0.25) is 24.1 Å². The number of nitrogens with zero attached hydrogens (tertiary/aromatic N) is 3. The molecule has 0 aliphatic carbocycles. The minimum atomic E-state index is -1.81. The van der Waals surface area contributed by atoms with E-state index >= 15 is 9.59 Å². The maximum atomic E-state index is 15.6. The molecule has 12 rings (SSSR count). The van der Waals surface area contributed by atoms with Crippen molar-refractivity contribution in [2.24, 2.45) is 5.16 Å². The number of aromatic amines is 1. The Kier molecular flexibility index (Phi) is 17.6. The van der Waals surface area contributed by atoms with Gasteiger partial charge in [-0.25, -0.2) is 14.6 Å². The van der Waals surface area contributed by atoms with Gasteiger partial charge in [-0.05, 0) is 51.1 Å². The number of oxime groups is 1. The number of aromatic nitrogens is 2. The van der Waals surface area contributed by atoms with Gasteiger partial charge in [0.15, 0.2) is 16.9 Å². The number of carbonyl (C=O) groups is 5. The SMILES string of the molecule is CC(=O)OCC1=C(C(=O)O)N2C(=O)[C@H](NC(=O)/C(=N\OC(C(=O)OC(c3ccccc3)c3ccccc3)c3ccc(OC(c4ccccc4)c4ccccc4)c4[nH]c(=O)ccc34)c3csc(NC(c4ccccc4)(c4ccccc4)c4ccccc4)n3)[C@H]2SC1. The van der Waals surface area contributed by atoms with Crippen LogP contribution >= 0.6 is 23.1 Å². The molecule has 4 N–H and O–H groups in total. The van der Waals surface area contributed by atoms with Crippen LogP contribution in [0.25, 0.3) is 10.9 Å². The topological polar surface area (TPSA) is 228 Å². The second-order valence-corrected chi connectivity index (χ2v) is 23.0. The number of β-lactam (4-membered cyclic amide) rings is 1. The summed E-state index contributed by atoms with van der Waals surface area (Å²) in [5.74, 6) is -4.41. The van der Waals surface area contributed by atoms with E-state index in [4.69, 9.17) is 24.0 Å². The van der Waals surface area contributed by atoms with Crippen molar-refractivity contribution >= 4 is 74.6 Å². The zero-order chi connectivity index (χ0) is 62.1. The highest BCUT2D eigenvalue weighted by Crippen LogP contribution is 2.44. The Labute approximate surface area is 524 Å². The summed E-state index contributed by atoms with van der Waals surface area (Å²) in [6.07, 6.45) is -3.46. The molecule has 1 unspecified atom stereocenters. The number of thiazole rings is 1. The number of pyridine rings is 1. The molecular formula is C71H56N6O11S2. The second-order valence-electron chi connectivity index (χ2n) is 21.1. The summed E-state index contributed by atoms with van der Waals surface area (Å²) < 4.78 is 18.6. The number of anilines is 1. The molecular weight excluding hydrogens is 1180 g/mol. The van der Waals surface area contributed by atoms with E-state index in [-0.39, 0.29) is 46.2 Å². The molecule has 0 spiro atoms. The standard InChI is InChI=1S/C71H56N6O11S2/c1-44(78)85-41-49-42-89-67-60(66(81)77(67)61(49)68(82)83)74-65(80)59(55-43-90-70(72-55)75-71(50-31-17-6-18-32-50,51-33-19-7-20-34-51)52-35-21-8-22-36-52)76-88-64(69(84)87-63(47-27-13-4-14-28-47)48-29-15-5-16-30-48)54-37-39-56(58-53(54)38-40-57(79)73-58)86-62(45-23-9-2-10-24-45)46-25-11-3-12-26-46/h2-40,43,60,62-64,67H,41-42H2,1H3,(H,72,75)(H,73,79)(H,74,80)(H,82,83)/b76-59-/t60-,64?,67+/m0/s1. The summed E-state index contributed by atoms with van der Waals surface area (Å²) >= 11 is 2.33. The van der Waals surface area contributed by atoms with Crippen molar-refractivity contribution in [3.05, 3.63) is 314 Å². The van der Waals surface area contributed by atoms with E-state index in [9.17, 15) is 24.3 Å². The van der Waals surface area contributed by atoms with Gasteiger partial charge in [-0.2, -0.15) is 0 Å². The van der Waals surface area contributed by atoms with Crippen LogP contribution in [0.2, 0.25) is 0 Å². The molecule has 2 amide bonds. The first-order chi connectivity index (χ1) is 43.9. The molecule has 19 heteroatoms. The molecule has 1 fully saturated rings. The van der Waals surface area contributed by atoms with Crippen molar-refractivity contribution in [1.29, 1.82) is 0 Å². The first-order valence-corrected chi connectivity index (χ1v) is 30.6. The van der Waals surface area contributed by atoms with Crippen molar-refractivity contribution in [1.82, 2.24) is 20.2 Å². The number of fused-ring (bicyclic) bond motifs is 2. The smallest absolute Gasteiger partial charge is 0.355 e. The number of carbonyl (C=O) groups excluding carboxylic acids is 4. The number of thioether (sulfide) groups is 1. The Hall–Kier alpha value is -10.9. The summed E-state index contributed by atoms with van der Waals surface area (Å²) in [4.78, 5) is 98.8. The van der Waals surface area contributed by atoms with E-state index < -0.39 is 76.3 Å². The molecule has 448 valence electrons. The van der Waals surface area contributed by atoms with E-state index in [0.717, 1.165) is 44.1 Å². The number of hydrogen-bond acceptors (Lipinski definition) is 15. The highest BCUT2D eigenvalue weighted by Gasteiger charge is 2.55. The number of esters is 2. The van der Waals surface area contributed by atoms with Gasteiger partial charge in [0.25, 0.3) is 11.8 Å². The first-order valence-electron chi connectivity index (χ1n) is 28.7. The van der Waals surface area contributed by atoms with Gasteiger partial charge in [-0.15, -0.1) is 23.1 Å². The lowest BCUT2D eigenvalue weighted by Crippen LogP contribution is -2.71. The second kappa shape index (κ2) is 26.6. The molecule has 2 aliphatic rings. The molecule has 0 saturated carbocycles. The number of benzene rings is 8. The fourth-order valence-electron chi connectivity index (χ4n) is 11.2. The minimum absolute atomic E-state index is 0.0397. The number of rotatable bonds is 22. The third-order valence-corrected chi connectivity index (χ3v) is 17.5. The van der Waals surface area contributed by atoms with Gasteiger partial charge < -0.3 is 39.8 Å². The zero-order valence-electron chi connectivity index (χ0n) is 48.1. The molecule has 2 aromatic heterocycles. The van der Waals surface area contributed by atoms with E-state index in [2.05, 4.69) is 20.8 Å². The largest absolute Gasteiger partial charge is 0.479 e. The van der Waals surface area contributed by atoms with Crippen LogP contribution in [0.5, 0.6) is 5.75 Å². The molecule has 17 nitrogen and oxygen atoms in total. The highest BCUT2D eigenvalue weighted by molar-refractivity contribution is 8.00. The fourth-order valence-corrected chi connectivity index (χ4v) is 13.2. The predicted octanol–water partition coefficient (Wildman–Crippen LogP) is 11.7. The summed E-state index contributed by atoms with van der Waals surface area (Å²) in [7, 11) is 0. The summed E-state index contributed by atoms with van der Waals surface area (Å²) in [5.41, 5.74) is 3.65. The lowest BCUT2D eigenvalue weighted by Gasteiger charge is -2.49. The number of H-pyrrole nitrogens is 1. The van der Waals surface area contributed by atoms with Crippen LogP contribution in [-0.2, 0) is 43.8 Å². The normalized spacial score (nSPS) is 15.1. The molecule has 1 saturated heterocycles. The minimum Gasteiger partial charge on any atom is -0.479 e. The monoisotopic (exact) mass is 1230 g/mol. The Balaban J connectivity index is 0.987. The number of carboxylic acid groups (broad SMARTS) is 1. The molecule has 0 bridgehead atoms. The van der Waals surface area contributed by atoms with Crippen LogP contribution < -0.4 is 20.9 Å². The van der Waals surface area contributed by atoms with Crippen molar-refractivity contribution < 1.29 is 48.1 Å². The third kappa shape index (κ3) is 12.4. The first kappa shape index (κ1) is 59.4. The van der Waals surface area contributed by atoms with Crippen molar-refractivity contribution in [2.45, 2.75) is 42.2 Å². The van der Waals surface area contributed by atoms with Crippen LogP contribution in [0.15, 0.2) is 263 Å². The number of carboxylic acids is 1. The molecule has 10 aromatic rings. The Morgan fingerprint density at radius 3 is 1.70 bits per heavy atom. The maximum Gasteiger partial charge on any atom is 0.355 e. The van der Waals surface area contributed by atoms with Crippen molar-refractivity contribution in [3.8, 4) is 5.75 Å². The van der Waals surface area contributed by atoms with Gasteiger partial charge in [0, 0.05) is 40.6 Å². The summed E-state index contributed by atoms with van der Waals surface area (Å²) in [5, 5.41) is 22.8. The quantitative estimate of drug-likeness (QED) is 0.0163. The predicted molar refractivity (Wildman–Crippen MR) is 342 cm³/mol. The molecule has 90 heavy (non-hydrogen) atoms. The van der Waals surface area contributed by atoms with Gasteiger partial charge in [0.2, 0.25) is 11.7 Å². The number of hydrogen-bond donors (Lipinski definition) is 4. The Morgan fingerprint density at radius 1 is 0.678 bits per heavy atom. The van der Waals surface area contributed by atoms with Crippen LogP contribution in [0.1, 0.15) is 75.4 Å². The molecule has 0 radical (unpaired) electrons. The van der Waals surface area contributed by atoms with Crippen molar-refractivity contribution in [3.63, 3.8) is 0 Å². The van der Waals surface area contributed by atoms with Gasteiger partial charge >= 0.3 is 17.9 Å². The van der Waals surface area contributed by atoms with Crippen LogP contribution in [0.3, 0.4) is 0 Å². The van der Waals surface area contributed by atoms with Crippen LogP contribution in [0, 0.1) is 0 Å².